The topological polar surface area (TPSA) is 34.1 Å². The number of aromatic nitrogens is 1. The average molecular weight is 274 g/mol. The molecule has 1 aromatic rings. The van der Waals surface area contributed by atoms with Crippen LogP contribution in [0.2, 0.25) is 0 Å². The Balaban J connectivity index is 2.03. The summed E-state index contributed by atoms with van der Waals surface area (Å²) in [4.78, 5) is 3.95. The van der Waals surface area contributed by atoms with Gasteiger partial charge in [-0.05, 0) is 37.8 Å². The largest absolute Gasteiger partial charge is 0.416 e. The molecule has 19 heavy (non-hydrogen) atoms. The van der Waals surface area contributed by atoms with E-state index in [1.807, 2.05) is 0 Å². The Hall–Kier alpha value is -1.30. The van der Waals surface area contributed by atoms with Crippen LogP contribution in [0.1, 0.15) is 31.2 Å². The van der Waals surface area contributed by atoms with E-state index in [1.165, 1.54) is 6.20 Å². The van der Waals surface area contributed by atoms with Crippen LogP contribution < -0.4 is 5.32 Å². The maximum absolute atomic E-state index is 12.6. The number of halogens is 3. The predicted molar refractivity (Wildman–Crippen MR) is 65.9 cm³/mol. The van der Waals surface area contributed by atoms with Crippen molar-refractivity contribution in [3.63, 3.8) is 0 Å². The molecule has 106 valence electrons. The van der Waals surface area contributed by atoms with Gasteiger partial charge in [0.1, 0.15) is 5.82 Å². The van der Waals surface area contributed by atoms with Gasteiger partial charge in [0.15, 0.2) is 0 Å². The second-order valence-corrected chi connectivity index (χ2v) is 4.79. The minimum absolute atomic E-state index is 0.120. The molecule has 1 heterocycles. The molecule has 0 aromatic carbocycles. The summed E-state index contributed by atoms with van der Waals surface area (Å²) >= 11 is 0. The van der Waals surface area contributed by atoms with Crippen molar-refractivity contribution in [2.45, 2.75) is 44.0 Å². The Morgan fingerprint density at radius 2 is 2.16 bits per heavy atom. The van der Waals surface area contributed by atoms with Crippen molar-refractivity contribution in [2.24, 2.45) is 0 Å². The van der Waals surface area contributed by atoms with Gasteiger partial charge in [0.05, 0.1) is 11.7 Å². The fourth-order valence-corrected chi connectivity index (χ4v) is 2.39. The first-order chi connectivity index (χ1) is 8.99. The molecule has 1 aromatic heterocycles. The zero-order valence-corrected chi connectivity index (χ0v) is 10.7. The van der Waals surface area contributed by atoms with Crippen molar-refractivity contribution in [1.29, 1.82) is 0 Å². The van der Waals surface area contributed by atoms with E-state index in [0.717, 1.165) is 37.8 Å². The molecule has 0 amide bonds. The van der Waals surface area contributed by atoms with Gasteiger partial charge in [-0.25, -0.2) is 4.98 Å². The van der Waals surface area contributed by atoms with E-state index in [0.29, 0.717) is 0 Å². The first-order valence-corrected chi connectivity index (χ1v) is 6.31. The number of hydrogen-bond acceptors (Lipinski definition) is 3. The van der Waals surface area contributed by atoms with E-state index in [-0.39, 0.29) is 18.0 Å². The third kappa shape index (κ3) is 3.83. The monoisotopic (exact) mass is 274 g/mol. The van der Waals surface area contributed by atoms with Crippen LogP contribution in [0.4, 0.5) is 19.0 Å². The van der Waals surface area contributed by atoms with E-state index in [9.17, 15) is 13.2 Å². The van der Waals surface area contributed by atoms with E-state index in [2.05, 4.69) is 10.3 Å². The normalized spacial score (nSPS) is 24.2. The number of pyridine rings is 1. The van der Waals surface area contributed by atoms with Crippen LogP contribution in [0.15, 0.2) is 18.3 Å². The van der Waals surface area contributed by atoms with Crippen molar-refractivity contribution >= 4 is 5.82 Å². The van der Waals surface area contributed by atoms with E-state index in [4.69, 9.17) is 4.74 Å². The minimum Gasteiger partial charge on any atom is -0.381 e. The van der Waals surface area contributed by atoms with Crippen LogP contribution in [-0.2, 0) is 10.9 Å². The molecule has 0 radical (unpaired) electrons. The van der Waals surface area contributed by atoms with Gasteiger partial charge in [-0.2, -0.15) is 13.2 Å². The molecule has 3 nitrogen and oxygen atoms in total. The van der Waals surface area contributed by atoms with Gasteiger partial charge in [0.2, 0.25) is 0 Å². The van der Waals surface area contributed by atoms with Gasteiger partial charge >= 0.3 is 6.18 Å². The second kappa shape index (κ2) is 5.77. The molecule has 2 atom stereocenters. The fourth-order valence-electron chi connectivity index (χ4n) is 2.39. The average Bonchev–Trinajstić information content (AvgIpc) is 2.38. The lowest BCUT2D eigenvalue weighted by atomic mass is 9.93. The van der Waals surface area contributed by atoms with Gasteiger partial charge in [-0.15, -0.1) is 0 Å². The lowest BCUT2D eigenvalue weighted by molar-refractivity contribution is -0.137. The first kappa shape index (κ1) is 14.1. The number of nitrogens with one attached hydrogen (secondary N) is 1. The van der Waals surface area contributed by atoms with Crippen LogP contribution in [-0.4, -0.2) is 24.2 Å². The number of methoxy groups -OCH3 is 1. The Labute approximate surface area is 110 Å². The fraction of sp³-hybridized carbons (Fsp3) is 0.615. The lowest BCUT2D eigenvalue weighted by Gasteiger charge is -2.29. The van der Waals surface area contributed by atoms with Crippen molar-refractivity contribution in [3.8, 4) is 0 Å². The highest BCUT2D eigenvalue weighted by molar-refractivity contribution is 5.39. The Kier molecular flexibility index (Phi) is 4.29. The van der Waals surface area contributed by atoms with Crippen LogP contribution in [0, 0.1) is 0 Å². The van der Waals surface area contributed by atoms with Crippen molar-refractivity contribution in [1.82, 2.24) is 4.98 Å². The Bertz CT molecular complexity index is 423. The zero-order valence-electron chi connectivity index (χ0n) is 10.7. The van der Waals surface area contributed by atoms with Crippen LogP contribution in [0.5, 0.6) is 0 Å². The quantitative estimate of drug-likeness (QED) is 0.916. The first-order valence-electron chi connectivity index (χ1n) is 6.31. The van der Waals surface area contributed by atoms with E-state index >= 15 is 0 Å². The van der Waals surface area contributed by atoms with Crippen LogP contribution >= 0.6 is 0 Å². The molecule has 1 fully saturated rings. The molecule has 0 saturated heterocycles. The van der Waals surface area contributed by atoms with Crippen molar-refractivity contribution < 1.29 is 17.9 Å². The summed E-state index contributed by atoms with van der Waals surface area (Å²) in [5.74, 6) is 0.275. The maximum atomic E-state index is 12.6. The minimum atomic E-state index is -4.33. The molecule has 0 bridgehead atoms. The maximum Gasteiger partial charge on any atom is 0.416 e. The van der Waals surface area contributed by atoms with Crippen molar-refractivity contribution in [2.75, 3.05) is 12.4 Å². The van der Waals surface area contributed by atoms with Crippen molar-refractivity contribution in [3.05, 3.63) is 23.9 Å². The van der Waals surface area contributed by atoms with E-state index < -0.39 is 11.7 Å². The lowest BCUT2D eigenvalue weighted by Crippen LogP contribution is -2.31. The van der Waals surface area contributed by atoms with Gasteiger partial charge in [0, 0.05) is 19.3 Å². The molecule has 0 spiro atoms. The summed E-state index contributed by atoms with van der Waals surface area (Å²) in [6, 6.07) is 2.15. The number of anilines is 1. The number of rotatable bonds is 3. The number of ether oxygens (including phenoxy) is 1. The summed E-state index contributed by atoms with van der Waals surface area (Å²) in [5, 5.41) is 3.07. The molecule has 6 heteroatoms. The molecule has 1 saturated carbocycles. The number of nitrogens with zero attached hydrogens (tertiary/aromatic N) is 1. The number of alkyl halides is 3. The highest BCUT2D eigenvalue weighted by Gasteiger charge is 2.31. The Morgan fingerprint density at radius 3 is 2.84 bits per heavy atom. The molecule has 0 aliphatic heterocycles. The third-order valence-corrected chi connectivity index (χ3v) is 3.40. The standard InChI is InChI=1S/C13H17F3N2O/c1-19-11-4-2-3-10(8-11)18-12-7-9(5-6-17-12)13(14,15)16/h5-7,10-11H,2-4,8H2,1H3,(H,17,18). The van der Waals surface area contributed by atoms with Crippen LogP contribution in [0.25, 0.3) is 0 Å². The zero-order chi connectivity index (χ0) is 13.9. The predicted octanol–water partition coefficient (Wildman–Crippen LogP) is 3.47. The SMILES string of the molecule is COC1CCCC(Nc2cc(C(F)(F)F)ccn2)C1. The third-order valence-electron chi connectivity index (χ3n) is 3.40. The molecule has 1 N–H and O–H groups in total. The van der Waals surface area contributed by atoms with Gasteiger partial charge in [-0.1, -0.05) is 0 Å². The van der Waals surface area contributed by atoms with E-state index in [1.54, 1.807) is 7.11 Å². The molecular weight excluding hydrogens is 257 g/mol. The Morgan fingerprint density at radius 1 is 1.37 bits per heavy atom. The number of hydrogen-bond donors (Lipinski definition) is 1. The summed E-state index contributed by atoms with van der Waals surface area (Å²) in [6.45, 7) is 0. The molecule has 1 aliphatic rings. The highest BCUT2D eigenvalue weighted by atomic mass is 19.4. The van der Waals surface area contributed by atoms with Gasteiger partial charge in [-0.3, -0.25) is 0 Å². The van der Waals surface area contributed by atoms with Crippen LogP contribution in [0.3, 0.4) is 0 Å². The molecular formula is C13H17F3N2O. The summed E-state index contributed by atoms with van der Waals surface area (Å²) in [6.07, 6.45) is 0.770. The molecule has 2 unspecified atom stereocenters. The van der Waals surface area contributed by atoms with Gasteiger partial charge < -0.3 is 10.1 Å². The summed E-state index contributed by atoms with van der Waals surface area (Å²) < 4.78 is 43.1. The highest BCUT2D eigenvalue weighted by Crippen LogP contribution is 2.30. The molecule has 2 rings (SSSR count). The molecule has 1 aliphatic carbocycles. The smallest absolute Gasteiger partial charge is 0.381 e. The summed E-state index contributed by atoms with van der Waals surface area (Å²) in [5.41, 5.74) is -0.677. The summed E-state index contributed by atoms with van der Waals surface area (Å²) in [7, 11) is 1.66. The second-order valence-electron chi connectivity index (χ2n) is 4.79. The van der Waals surface area contributed by atoms with Gasteiger partial charge in [0.25, 0.3) is 0 Å².